The molecule has 27 heavy (non-hydrogen) atoms. The van der Waals surface area contributed by atoms with Crippen LogP contribution in [0.3, 0.4) is 0 Å². The molecule has 0 bridgehead atoms. The Kier molecular flexibility index (Phi) is 6.44. The molecule has 7 heteroatoms. The van der Waals surface area contributed by atoms with E-state index in [1.165, 1.54) is 11.3 Å². The third-order valence-corrected chi connectivity index (χ3v) is 4.48. The predicted molar refractivity (Wildman–Crippen MR) is 119 cm³/mol. The topological polar surface area (TPSA) is 58.3 Å². The molecule has 0 aliphatic carbocycles. The van der Waals surface area contributed by atoms with Crippen LogP contribution >= 0.6 is 24.0 Å². The van der Waals surface area contributed by atoms with E-state index < -0.39 is 0 Å². The largest absolute Gasteiger partial charge is 0.356 e. The average Bonchev–Trinajstić information content (AvgIpc) is 3.35. The molecule has 0 saturated carbocycles. The number of para-hydroxylation sites is 1. The summed E-state index contributed by atoms with van der Waals surface area (Å²) < 4.78 is 1.76. The van der Waals surface area contributed by atoms with E-state index in [-0.39, 0.29) is 24.0 Å². The van der Waals surface area contributed by atoms with E-state index in [4.69, 9.17) is 4.99 Å². The SMILES string of the molecule is CCNC(=NCc1cccc(-n2cncn2)c1)N1CCc2ccccc21.I. The van der Waals surface area contributed by atoms with Crippen LogP contribution < -0.4 is 10.2 Å². The van der Waals surface area contributed by atoms with Gasteiger partial charge in [-0.25, -0.2) is 14.7 Å². The molecule has 0 fully saturated rings. The minimum atomic E-state index is 0. The predicted octanol–water partition coefficient (Wildman–Crippen LogP) is 3.41. The van der Waals surface area contributed by atoms with E-state index in [0.717, 1.165) is 36.7 Å². The fourth-order valence-electron chi connectivity index (χ4n) is 3.26. The minimum absolute atomic E-state index is 0. The number of aliphatic imine (C=N–C) groups is 1. The molecule has 0 spiro atoms. The van der Waals surface area contributed by atoms with E-state index in [0.29, 0.717) is 6.54 Å². The molecule has 0 unspecified atom stereocenters. The molecule has 1 aromatic heterocycles. The third kappa shape index (κ3) is 4.29. The molecule has 3 aromatic rings. The normalized spacial score (nSPS) is 13.2. The maximum Gasteiger partial charge on any atom is 0.198 e. The van der Waals surface area contributed by atoms with E-state index in [9.17, 15) is 0 Å². The Morgan fingerprint density at radius 2 is 2.07 bits per heavy atom. The summed E-state index contributed by atoms with van der Waals surface area (Å²) in [4.78, 5) is 11.2. The molecule has 1 N–H and O–H groups in total. The Morgan fingerprint density at radius 3 is 2.89 bits per heavy atom. The standard InChI is InChI=1S/C20H22N6.HI/c1-2-22-20(25-11-10-17-7-3-4-9-19(17)25)23-13-16-6-5-8-18(12-16)26-15-21-14-24-26;/h3-9,12,14-15H,2,10-11,13H2,1H3,(H,22,23);1H. The number of guanidine groups is 1. The van der Waals surface area contributed by atoms with Gasteiger partial charge in [0.2, 0.25) is 0 Å². The summed E-state index contributed by atoms with van der Waals surface area (Å²) in [6.07, 6.45) is 4.30. The number of hydrogen-bond donors (Lipinski definition) is 1. The van der Waals surface area contributed by atoms with Crippen molar-refractivity contribution in [1.29, 1.82) is 0 Å². The Balaban J connectivity index is 0.00000210. The summed E-state index contributed by atoms with van der Waals surface area (Å²) >= 11 is 0. The number of anilines is 1. The molecule has 0 radical (unpaired) electrons. The van der Waals surface area contributed by atoms with Crippen molar-refractivity contribution >= 4 is 35.6 Å². The van der Waals surface area contributed by atoms with E-state index in [1.807, 2.05) is 12.1 Å². The van der Waals surface area contributed by atoms with Crippen LogP contribution in [0, 0.1) is 0 Å². The lowest BCUT2D eigenvalue weighted by Crippen LogP contribution is -2.40. The van der Waals surface area contributed by atoms with Crippen LogP contribution in [0.15, 0.2) is 66.2 Å². The number of nitrogens with zero attached hydrogens (tertiary/aromatic N) is 5. The molecule has 1 aliphatic rings. The first-order chi connectivity index (χ1) is 12.8. The molecule has 1 aliphatic heterocycles. The molecule has 6 nitrogen and oxygen atoms in total. The number of benzene rings is 2. The van der Waals surface area contributed by atoms with Gasteiger partial charge in [0.1, 0.15) is 12.7 Å². The molecular formula is C20H23IN6. The Hall–Kier alpha value is -2.42. The molecule has 4 rings (SSSR count). The summed E-state index contributed by atoms with van der Waals surface area (Å²) in [6, 6.07) is 16.8. The Bertz CT molecular complexity index is 906. The van der Waals surface area contributed by atoms with Crippen LogP contribution in [-0.4, -0.2) is 33.8 Å². The molecule has 0 saturated heterocycles. The number of nitrogens with one attached hydrogen (secondary N) is 1. The van der Waals surface area contributed by atoms with Crippen LogP contribution in [0.1, 0.15) is 18.1 Å². The van der Waals surface area contributed by atoms with Gasteiger partial charge >= 0.3 is 0 Å². The molecular weight excluding hydrogens is 451 g/mol. The second kappa shape index (κ2) is 8.98. The van der Waals surface area contributed by atoms with Gasteiger partial charge in [-0.3, -0.25) is 0 Å². The monoisotopic (exact) mass is 474 g/mol. The van der Waals surface area contributed by atoms with Gasteiger partial charge in [-0.05, 0) is 42.7 Å². The molecule has 140 valence electrons. The second-order valence-electron chi connectivity index (χ2n) is 6.21. The number of fused-ring (bicyclic) bond motifs is 1. The van der Waals surface area contributed by atoms with Gasteiger partial charge in [0, 0.05) is 18.8 Å². The van der Waals surface area contributed by atoms with Crippen molar-refractivity contribution in [1.82, 2.24) is 20.1 Å². The van der Waals surface area contributed by atoms with Gasteiger partial charge in [0.05, 0.1) is 12.2 Å². The fourth-order valence-corrected chi connectivity index (χ4v) is 3.26. The maximum atomic E-state index is 4.87. The van der Waals surface area contributed by atoms with Gasteiger partial charge in [-0.1, -0.05) is 30.3 Å². The number of hydrogen-bond acceptors (Lipinski definition) is 3. The van der Waals surface area contributed by atoms with Crippen molar-refractivity contribution in [3.05, 3.63) is 72.3 Å². The van der Waals surface area contributed by atoms with E-state index in [2.05, 4.69) is 63.6 Å². The summed E-state index contributed by atoms with van der Waals surface area (Å²) in [6.45, 7) is 4.52. The van der Waals surface area contributed by atoms with Gasteiger partial charge in [0.15, 0.2) is 5.96 Å². The first kappa shape index (κ1) is 19.3. The highest BCUT2D eigenvalue weighted by Gasteiger charge is 2.22. The van der Waals surface area contributed by atoms with Crippen LogP contribution in [0.4, 0.5) is 5.69 Å². The lowest BCUT2D eigenvalue weighted by molar-refractivity contribution is 0.868. The van der Waals surface area contributed by atoms with E-state index in [1.54, 1.807) is 17.3 Å². The summed E-state index contributed by atoms with van der Waals surface area (Å²) in [5, 5.41) is 7.62. The van der Waals surface area contributed by atoms with Crippen molar-refractivity contribution in [2.75, 3.05) is 18.0 Å². The highest BCUT2D eigenvalue weighted by atomic mass is 127. The quantitative estimate of drug-likeness (QED) is 0.358. The van der Waals surface area contributed by atoms with Gasteiger partial charge in [-0.2, -0.15) is 5.10 Å². The summed E-state index contributed by atoms with van der Waals surface area (Å²) in [5.41, 5.74) is 4.77. The summed E-state index contributed by atoms with van der Waals surface area (Å²) in [5.74, 6) is 0.934. The Labute approximate surface area is 176 Å². The molecule has 0 amide bonds. The Morgan fingerprint density at radius 1 is 1.19 bits per heavy atom. The van der Waals surface area contributed by atoms with Crippen molar-refractivity contribution < 1.29 is 0 Å². The molecule has 0 atom stereocenters. The van der Waals surface area contributed by atoms with E-state index >= 15 is 0 Å². The van der Waals surface area contributed by atoms with Crippen LogP contribution in [-0.2, 0) is 13.0 Å². The van der Waals surface area contributed by atoms with Crippen molar-refractivity contribution in [3.8, 4) is 5.69 Å². The highest BCUT2D eigenvalue weighted by Crippen LogP contribution is 2.27. The molecule has 2 aromatic carbocycles. The third-order valence-electron chi connectivity index (χ3n) is 4.48. The molecule has 2 heterocycles. The van der Waals surface area contributed by atoms with Gasteiger partial charge in [0.25, 0.3) is 0 Å². The zero-order valence-corrected chi connectivity index (χ0v) is 17.6. The van der Waals surface area contributed by atoms with Crippen molar-refractivity contribution in [3.63, 3.8) is 0 Å². The minimum Gasteiger partial charge on any atom is -0.356 e. The first-order valence-corrected chi connectivity index (χ1v) is 8.93. The zero-order chi connectivity index (χ0) is 17.8. The summed E-state index contributed by atoms with van der Waals surface area (Å²) in [7, 11) is 0. The van der Waals surface area contributed by atoms with Gasteiger partial charge in [-0.15, -0.1) is 24.0 Å². The lowest BCUT2D eigenvalue weighted by Gasteiger charge is -2.22. The van der Waals surface area contributed by atoms with Crippen molar-refractivity contribution in [2.45, 2.75) is 19.9 Å². The smallest absolute Gasteiger partial charge is 0.198 e. The zero-order valence-electron chi connectivity index (χ0n) is 15.2. The number of halogens is 1. The maximum absolute atomic E-state index is 4.87. The number of aromatic nitrogens is 3. The first-order valence-electron chi connectivity index (χ1n) is 8.93. The highest BCUT2D eigenvalue weighted by molar-refractivity contribution is 14.0. The van der Waals surface area contributed by atoms with Crippen molar-refractivity contribution in [2.24, 2.45) is 4.99 Å². The lowest BCUT2D eigenvalue weighted by atomic mass is 10.2. The van der Waals surface area contributed by atoms with Crippen LogP contribution in [0.25, 0.3) is 5.69 Å². The van der Waals surface area contributed by atoms with Crippen LogP contribution in [0.5, 0.6) is 0 Å². The van der Waals surface area contributed by atoms with Gasteiger partial charge < -0.3 is 10.2 Å². The second-order valence-corrected chi connectivity index (χ2v) is 6.21. The number of rotatable bonds is 4. The average molecular weight is 474 g/mol. The fraction of sp³-hybridized carbons (Fsp3) is 0.250. The van der Waals surface area contributed by atoms with Crippen LogP contribution in [0.2, 0.25) is 0 Å².